The highest BCUT2D eigenvalue weighted by Crippen LogP contribution is 2.21. The van der Waals surface area contributed by atoms with Gasteiger partial charge in [0.1, 0.15) is 5.82 Å². The quantitative estimate of drug-likeness (QED) is 0.772. The largest absolute Gasteiger partial charge is 0.399 e. The zero-order valence-electron chi connectivity index (χ0n) is 8.87. The smallest absolute Gasteiger partial charge is 0.127 e. The molecule has 1 unspecified atom stereocenters. The van der Waals surface area contributed by atoms with Crippen LogP contribution in [0, 0.1) is 17.1 Å². The van der Waals surface area contributed by atoms with Gasteiger partial charge in [-0.3, -0.25) is 0 Å². The van der Waals surface area contributed by atoms with Crippen LogP contribution in [-0.4, -0.2) is 13.1 Å². The van der Waals surface area contributed by atoms with Gasteiger partial charge in [-0.2, -0.15) is 5.26 Å². The highest BCUT2D eigenvalue weighted by Gasteiger charge is 2.10. The van der Waals surface area contributed by atoms with E-state index in [1.54, 1.807) is 6.07 Å². The first-order valence-electron chi connectivity index (χ1n) is 4.70. The minimum absolute atomic E-state index is 0.0381. The topological polar surface area (TPSA) is 53.0 Å². The molecule has 0 aliphatic heterocycles. The number of halogens is 1. The van der Waals surface area contributed by atoms with Crippen molar-refractivity contribution in [2.24, 2.45) is 0 Å². The molecule has 0 aromatic heterocycles. The van der Waals surface area contributed by atoms with E-state index in [9.17, 15) is 4.39 Å². The third-order valence-electron chi connectivity index (χ3n) is 2.36. The van der Waals surface area contributed by atoms with E-state index in [4.69, 9.17) is 11.0 Å². The van der Waals surface area contributed by atoms with Crippen LogP contribution in [0.15, 0.2) is 18.2 Å². The van der Waals surface area contributed by atoms with Gasteiger partial charge >= 0.3 is 0 Å². The molecule has 1 aromatic rings. The Morgan fingerprint density at radius 1 is 1.53 bits per heavy atom. The fraction of sp³-hybridized carbons (Fsp3) is 0.364. The Hall–Kier alpha value is -1.76. The maximum absolute atomic E-state index is 13.1. The Balaban J connectivity index is 2.91. The lowest BCUT2D eigenvalue weighted by atomic mass is 10.2. The van der Waals surface area contributed by atoms with Gasteiger partial charge in [-0.15, -0.1) is 0 Å². The SMILES string of the molecule is CC(CC#N)N(C)c1cc(N)cc(F)c1. The van der Waals surface area contributed by atoms with E-state index in [1.807, 2.05) is 18.9 Å². The van der Waals surface area contributed by atoms with Gasteiger partial charge in [0, 0.05) is 24.5 Å². The van der Waals surface area contributed by atoms with Gasteiger partial charge < -0.3 is 10.6 Å². The molecule has 2 N–H and O–H groups in total. The number of nitrogens with two attached hydrogens (primary N) is 1. The first-order chi connectivity index (χ1) is 7.04. The number of nitrogen functional groups attached to an aromatic ring is 1. The third-order valence-corrected chi connectivity index (χ3v) is 2.36. The number of hydrogen-bond donors (Lipinski definition) is 1. The Morgan fingerprint density at radius 2 is 2.20 bits per heavy atom. The van der Waals surface area contributed by atoms with Crippen molar-refractivity contribution in [3.63, 3.8) is 0 Å². The molecule has 15 heavy (non-hydrogen) atoms. The normalized spacial score (nSPS) is 11.9. The summed E-state index contributed by atoms with van der Waals surface area (Å²) in [5, 5.41) is 8.57. The lowest BCUT2D eigenvalue weighted by molar-refractivity contribution is 0.625. The van der Waals surface area contributed by atoms with Crippen molar-refractivity contribution < 1.29 is 4.39 Å². The summed E-state index contributed by atoms with van der Waals surface area (Å²) in [4.78, 5) is 1.84. The molecular formula is C11H14FN3. The van der Waals surface area contributed by atoms with Gasteiger partial charge in [0.2, 0.25) is 0 Å². The van der Waals surface area contributed by atoms with E-state index >= 15 is 0 Å². The van der Waals surface area contributed by atoms with Gasteiger partial charge in [0.15, 0.2) is 0 Å². The average Bonchev–Trinajstić information content (AvgIpc) is 2.15. The van der Waals surface area contributed by atoms with Crippen molar-refractivity contribution in [3.05, 3.63) is 24.0 Å². The first-order valence-corrected chi connectivity index (χ1v) is 4.70. The van der Waals surface area contributed by atoms with Crippen LogP contribution in [0.1, 0.15) is 13.3 Å². The Kier molecular flexibility index (Phi) is 3.51. The van der Waals surface area contributed by atoms with Crippen LogP contribution in [0.5, 0.6) is 0 Å². The fourth-order valence-corrected chi connectivity index (χ4v) is 1.32. The fourth-order valence-electron chi connectivity index (χ4n) is 1.32. The molecule has 1 atom stereocenters. The summed E-state index contributed by atoms with van der Waals surface area (Å²) >= 11 is 0. The molecule has 1 aromatic carbocycles. The number of nitriles is 1. The van der Waals surface area contributed by atoms with E-state index in [2.05, 4.69) is 6.07 Å². The summed E-state index contributed by atoms with van der Waals surface area (Å²) < 4.78 is 13.1. The Bertz CT molecular complexity index is 364. The number of benzene rings is 1. The summed E-state index contributed by atoms with van der Waals surface area (Å²) in [6, 6.07) is 6.49. The Morgan fingerprint density at radius 3 is 2.73 bits per heavy atom. The van der Waals surface area contributed by atoms with Gasteiger partial charge in [-0.1, -0.05) is 0 Å². The molecule has 0 spiro atoms. The molecule has 0 amide bonds. The monoisotopic (exact) mass is 207 g/mol. The third kappa shape index (κ3) is 2.84. The minimum Gasteiger partial charge on any atom is -0.399 e. The second-order valence-corrected chi connectivity index (χ2v) is 3.56. The van der Waals surface area contributed by atoms with Gasteiger partial charge in [-0.05, 0) is 25.1 Å². The lowest BCUT2D eigenvalue weighted by Gasteiger charge is -2.25. The van der Waals surface area contributed by atoms with Crippen LogP contribution >= 0.6 is 0 Å². The standard InChI is InChI=1S/C11H14FN3/c1-8(3-4-13)15(2)11-6-9(12)5-10(14)7-11/h5-8H,3,14H2,1-2H3. The predicted octanol–water partition coefficient (Wildman–Crippen LogP) is 2.15. The molecular weight excluding hydrogens is 193 g/mol. The molecule has 1 rings (SSSR count). The van der Waals surface area contributed by atoms with Crippen LogP contribution < -0.4 is 10.6 Å². The average molecular weight is 207 g/mol. The van der Waals surface area contributed by atoms with Crippen molar-refractivity contribution in [3.8, 4) is 6.07 Å². The van der Waals surface area contributed by atoms with Gasteiger partial charge in [0.05, 0.1) is 12.5 Å². The maximum atomic E-state index is 13.1. The van der Waals surface area contributed by atoms with Crippen LogP contribution in [0.3, 0.4) is 0 Å². The molecule has 0 aliphatic rings. The number of nitrogens with zero attached hydrogens (tertiary/aromatic N) is 2. The van der Waals surface area contributed by atoms with Crippen molar-refractivity contribution in [2.75, 3.05) is 17.7 Å². The molecule has 0 bridgehead atoms. The summed E-state index contributed by atoms with van der Waals surface area (Å²) in [5.41, 5.74) is 6.62. The highest BCUT2D eigenvalue weighted by atomic mass is 19.1. The highest BCUT2D eigenvalue weighted by molar-refractivity contribution is 5.56. The predicted molar refractivity (Wildman–Crippen MR) is 58.9 cm³/mol. The van der Waals surface area contributed by atoms with Crippen LogP contribution in [0.25, 0.3) is 0 Å². The molecule has 0 fully saturated rings. The summed E-state index contributed by atoms with van der Waals surface area (Å²) in [7, 11) is 1.82. The summed E-state index contributed by atoms with van der Waals surface area (Å²) in [6.07, 6.45) is 0.396. The van der Waals surface area contributed by atoms with Crippen LogP contribution in [-0.2, 0) is 0 Å². The first kappa shape index (κ1) is 11.3. The minimum atomic E-state index is -0.360. The van der Waals surface area contributed by atoms with Crippen LogP contribution in [0.4, 0.5) is 15.8 Å². The molecule has 0 saturated carbocycles. The van der Waals surface area contributed by atoms with Crippen molar-refractivity contribution in [1.29, 1.82) is 5.26 Å². The molecule has 0 aliphatic carbocycles. The van der Waals surface area contributed by atoms with E-state index < -0.39 is 0 Å². The lowest BCUT2D eigenvalue weighted by Crippen LogP contribution is -2.28. The van der Waals surface area contributed by atoms with Gasteiger partial charge in [-0.25, -0.2) is 4.39 Å². The summed E-state index contributed by atoms with van der Waals surface area (Å²) in [6.45, 7) is 1.91. The van der Waals surface area contributed by atoms with E-state index in [0.717, 1.165) is 0 Å². The molecule has 4 heteroatoms. The molecule has 3 nitrogen and oxygen atoms in total. The molecule has 0 saturated heterocycles. The van der Waals surface area contributed by atoms with E-state index in [-0.39, 0.29) is 11.9 Å². The second kappa shape index (κ2) is 4.65. The number of hydrogen-bond acceptors (Lipinski definition) is 3. The molecule has 0 heterocycles. The molecule has 0 radical (unpaired) electrons. The molecule has 80 valence electrons. The second-order valence-electron chi connectivity index (χ2n) is 3.56. The summed E-state index contributed by atoms with van der Waals surface area (Å²) in [5.74, 6) is -0.360. The van der Waals surface area contributed by atoms with Crippen LogP contribution in [0.2, 0.25) is 0 Å². The van der Waals surface area contributed by atoms with Crippen molar-refractivity contribution in [2.45, 2.75) is 19.4 Å². The Labute approximate surface area is 88.9 Å². The zero-order chi connectivity index (χ0) is 11.4. The zero-order valence-corrected chi connectivity index (χ0v) is 8.87. The van der Waals surface area contributed by atoms with Gasteiger partial charge in [0.25, 0.3) is 0 Å². The van der Waals surface area contributed by atoms with Crippen molar-refractivity contribution >= 4 is 11.4 Å². The number of anilines is 2. The number of rotatable bonds is 3. The van der Waals surface area contributed by atoms with Crippen molar-refractivity contribution in [1.82, 2.24) is 0 Å². The maximum Gasteiger partial charge on any atom is 0.127 e. The van der Waals surface area contributed by atoms with E-state index in [0.29, 0.717) is 17.8 Å². The van der Waals surface area contributed by atoms with E-state index in [1.165, 1.54) is 12.1 Å².